The number of nitriles is 1. The number of hydrogen-bond acceptors (Lipinski definition) is 2. The van der Waals surface area contributed by atoms with Crippen molar-refractivity contribution < 1.29 is 4.74 Å². The Bertz CT molecular complexity index is 514. The van der Waals surface area contributed by atoms with Gasteiger partial charge in [-0.2, -0.15) is 5.26 Å². The minimum Gasteiger partial charge on any atom is -0.489 e. The molecular weight excluding hydrogens is 222 g/mol. The van der Waals surface area contributed by atoms with Gasteiger partial charge in [-0.15, -0.1) is 0 Å². The van der Waals surface area contributed by atoms with Crippen molar-refractivity contribution in [1.82, 2.24) is 0 Å². The summed E-state index contributed by atoms with van der Waals surface area (Å²) in [5, 5.41) is 8.95. The summed E-state index contributed by atoms with van der Waals surface area (Å²) in [6.07, 6.45) is 2.03. The van der Waals surface area contributed by atoms with E-state index in [0.717, 1.165) is 16.9 Å². The lowest BCUT2D eigenvalue weighted by Crippen LogP contribution is -1.97. The molecule has 0 aliphatic carbocycles. The molecule has 94 valence electrons. The molecule has 1 rings (SSSR count). The fourth-order valence-electron chi connectivity index (χ4n) is 1.49. The van der Waals surface area contributed by atoms with Crippen LogP contribution in [0.2, 0.25) is 0 Å². The van der Waals surface area contributed by atoms with Gasteiger partial charge in [0.05, 0.1) is 6.07 Å². The number of ether oxygens (including phenoxy) is 1. The van der Waals surface area contributed by atoms with Crippen molar-refractivity contribution in [1.29, 1.82) is 5.26 Å². The van der Waals surface area contributed by atoms with Crippen molar-refractivity contribution in [3.05, 3.63) is 47.1 Å². The normalized spacial score (nSPS) is 11.3. The molecular formula is C16H19NO. The standard InChI is InChI=1S/C16H19NO/c1-12(2)9-10-18-16-8-6-5-7-15(16)14(4)13(3)11-17/h5-9H,10H2,1-4H3/b14-13+. The first-order valence-corrected chi connectivity index (χ1v) is 5.99. The van der Waals surface area contributed by atoms with Crippen LogP contribution in [-0.4, -0.2) is 6.61 Å². The van der Waals surface area contributed by atoms with E-state index in [1.165, 1.54) is 5.57 Å². The number of rotatable bonds is 4. The highest BCUT2D eigenvalue weighted by molar-refractivity contribution is 5.73. The lowest BCUT2D eigenvalue weighted by Gasteiger charge is -2.11. The highest BCUT2D eigenvalue weighted by Gasteiger charge is 2.06. The van der Waals surface area contributed by atoms with Gasteiger partial charge in [0.25, 0.3) is 0 Å². The summed E-state index contributed by atoms with van der Waals surface area (Å²) in [6, 6.07) is 9.99. The average molecular weight is 241 g/mol. The van der Waals surface area contributed by atoms with E-state index in [2.05, 4.69) is 6.07 Å². The van der Waals surface area contributed by atoms with Gasteiger partial charge in [0.15, 0.2) is 0 Å². The molecule has 1 aromatic carbocycles. The Kier molecular flexibility index (Phi) is 5.20. The Morgan fingerprint density at radius 3 is 2.50 bits per heavy atom. The molecule has 18 heavy (non-hydrogen) atoms. The van der Waals surface area contributed by atoms with Crippen LogP contribution < -0.4 is 4.74 Å². The number of allylic oxidation sites excluding steroid dienone is 3. The van der Waals surface area contributed by atoms with Crippen molar-refractivity contribution in [3.63, 3.8) is 0 Å². The van der Waals surface area contributed by atoms with Gasteiger partial charge < -0.3 is 4.74 Å². The second kappa shape index (κ2) is 6.66. The van der Waals surface area contributed by atoms with Crippen LogP contribution in [0.3, 0.4) is 0 Å². The van der Waals surface area contributed by atoms with Gasteiger partial charge in [0.1, 0.15) is 12.4 Å². The Morgan fingerprint density at radius 1 is 1.22 bits per heavy atom. The van der Waals surface area contributed by atoms with Crippen molar-refractivity contribution in [2.24, 2.45) is 0 Å². The van der Waals surface area contributed by atoms with Gasteiger partial charge in [-0.3, -0.25) is 0 Å². The van der Waals surface area contributed by atoms with Crippen LogP contribution in [0.1, 0.15) is 33.3 Å². The molecule has 0 radical (unpaired) electrons. The predicted molar refractivity (Wildman–Crippen MR) is 75.2 cm³/mol. The van der Waals surface area contributed by atoms with E-state index in [1.807, 2.05) is 58.0 Å². The molecule has 1 aromatic rings. The van der Waals surface area contributed by atoms with Crippen LogP contribution >= 0.6 is 0 Å². The summed E-state index contributed by atoms with van der Waals surface area (Å²) in [7, 11) is 0. The second-order valence-electron chi connectivity index (χ2n) is 4.45. The van der Waals surface area contributed by atoms with Gasteiger partial charge in [-0.05, 0) is 45.4 Å². The molecule has 0 aliphatic heterocycles. The molecule has 2 heteroatoms. The lowest BCUT2D eigenvalue weighted by atomic mass is 10.0. The zero-order valence-electron chi connectivity index (χ0n) is 11.4. The molecule has 0 amide bonds. The van der Waals surface area contributed by atoms with Crippen LogP contribution in [0, 0.1) is 11.3 Å². The third-order valence-corrected chi connectivity index (χ3v) is 2.75. The summed E-state index contributed by atoms with van der Waals surface area (Å²) in [4.78, 5) is 0. The molecule has 0 spiro atoms. The molecule has 0 aliphatic rings. The highest BCUT2D eigenvalue weighted by Crippen LogP contribution is 2.27. The summed E-state index contributed by atoms with van der Waals surface area (Å²) in [5.74, 6) is 0.821. The Hall–Kier alpha value is -2.01. The number of benzene rings is 1. The van der Waals surface area contributed by atoms with Crippen LogP contribution in [0.15, 0.2) is 41.5 Å². The third-order valence-electron chi connectivity index (χ3n) is 2.75. The van der Waals surface area contributed by atoms with E-state index >= 15 is 0 Å². The van der Waals surface area contributed by atoms with E-state index < -0.39 is 0 Å². The summed E-state index contributed by atoms with van der Waals surface area (Å²) >= 11 is 0. The van der Waals surface area contributed by atoms with Gasteiger partial charge in [0, 0.05) is 11.1 Å². The summed E-state index contributed by atoms with van der Waals surface area (Å²) in [5.41, 5.74) is 3.89. The maximum absolute atomic E-state index is 8.95. The van der Waals surface area contributed by atoms with Gasteiger partial charge in [-0.1, -0.05) is 23.8 Å². The highest BCUT2D eigenvalue weighted by atomic mass is 16.5. The van der Waals surface area contributed by atoms with Crippen LogP contribution in [0.5, 0.6) is 5.75 Å². The third kappa shape index (κ3) is 3.78. The van der Waals surface area contributed by atoms with Crippen molar-refractivity contribution in [2.75, 3.05) is 6.61 Å². The SMILES string of the molecule is CC(C)=CCOc1ccccc1/C(C)=C(\C)C#N. The quantitative estimate of drug-likeness (QED) is 0.580. The van der Waals surface area contributed by atoms with E-state index in [4.69, 9.17) is 10.00 Å². The monoisotopic (exact) mass is 241 g/mol. The molecule has 0 atom stereocenters. The van der Waals surface area contributed by atoms with Crippen molar-refractivity contribution in [3.8, 4) is 11.8 Å². The Morgan fingerprint density at radius 2 is 1.89 bits per heavy atom. The lowest BCUT2D eigenvalue weighted by molar-refractivity contribution is 0.361. The van der Waals surface area contributed by atoms with Crippen LogP contribution in [0.4, 0.5) is 0 Å². The average Bonchev–Trinajstić information content (AvgIpc) is 2.37. The fourth-order valence-corrected chi connectivity index (χ4v) is 1.49. The van der Waals surface area contributed by atoms with Gasteiger partial charge in [0.2, 0.25) is 0 Å². The summed E-state index contributed by atoms with van der Waals surface area (Å²) in [6.45, 7) is 8.41. The number of nitrogens with zero attached hydrogens (tertiary/aromatic N) is 1. The minimum absolute atomic E-state index is 0.554. The predicted octanol–water partition coefficient (Wildman–Crippen LogP) is 4.35. The molecule has 0 saturated heterocycles. The van der Waals surface area contributed by atoms with Crippen molar-refractivity contribution >= 4 is 5.57 Å². The zero-order chi connectivity index (χ0) is 13.5. The molecule has 0 bridgehead atoms. The van der Waals surface area contributed by atoms with Crippen LogP contribution in [-0.2, 0) is 0 Å². The Balaban J connectivity index is 3.01. The zero-order valence-corrected chi connectivity index (χ0v) is 11.4. The van der Waals surface area contributed by atoms with E-state index in [0.29, 0.717) is 12.2 Å². The maximum atomic E-state index is 8.95. The molecule has 0 N–H and O–H groups in total. The Labute approximate surface area is 109 Å². The smallest absolute Gasteiger partial charge is 0.127 e. The second-order valence-corrected chi connectivity index (χ2v) is 4.45. The van der Waals surface area contributed by atoms with Crippen molar-refractivity contribution in [2.45, 2.75) is 27.7 Å². The first-order chi connectivity index (χ1) is 8.56. The molecule has 0 saturated carbocycles. The first-order valence-electron chi connectivity index (χ1n) is 5.99. The van der Waals surface area contributed by atoms with E-state index in [1.54, 1.807) is 0 Å². The number of hydrogen-bond donors (Lipinski definition) is 0. The molecule has 0 aromatic heterocycles. The summed E-state index contributed by atoms with van der Waals surface area (Å²) < 4.78 is 5.74. The van der Waals surface area contributed by atoms with Crippen LogP contribution in [0.25, 0.3) is 5.57 Å². The topological polar surface area (TPSA) is 33.0 Å². The number of para-hydroxylation sites is 1. The molecule has 0 heterocycles. The first kappa shape index (κ1) is 14.1. The molecule has 2 nitrogen and oxygen atoms in total. The largest absolute Gasteiger partial charge is 0.489 e. The maximum Gasteiger partial charge on any atom is 0.127 e. The molecule has 0 unspecified atom stereocenters. The molecule has 0 fully saturated rings. The minimum atomic E-state index is 0.554. The van der Waals surface area contributed by atoms with E-state index in [9.17, 15) is 0 Å². The van der Waals surface area contributed by atoms with E-state index in [-0.39, 0.29) is 0 Å². The van der Waals surface area contributed by atoms with Gasteiger partial charge in [-0.25, -0.2) is 0 Å². The fraction of sp³-hybridized carbons (Fsp3) is 0.312. The van der Waals surface area contributed by atoms with Gasteiger partial charge >= 0.3 is 0 Å².